The molecule has 0 spiro atoms. The van der Waals surface area contributed by atoms with Crippen LogP contribution in [-0.4, -0.2) is 27.3 Å². The maximum absolute atomic E-state index is 12.3. The van der Waals surface area contributed by atoms with E-state index < -0.39 is 0 Å². The third kappa shape index (κ3) is 2.36. The third-order valence-corrected chi connectivity index (χ3v) is 3.49. The van der Waals surface area contributed by atoms with Crippen molar-refractivity contribution in [1.29, 1.82) is 0 Å². The van der Waals surface area contributed by atoms with E-state index in [4.69, 9.17) is 4.74 Å². The Kier molecular flexibility index (Phi) is 3.37. The Hall–Kier alpha value is -2.37. The van der Waals surface area contributed by atoms with Crippen molar-refractivity contribution in [3.8, 4) is 5.75 Å². The van der Waals surface area contributed by atoms with Gasteiger partial charge in [0, 0.05) is 12.0 Å². The van der Waals surface area contributed by atoms with Crippen LogP contribution >= 0.6 is 0 Å². The molecule has 0 unspecified atom stereocenters. The van der Waals surface area contributed by atoms with Gasteiger partial charge >= 0.3 is 0 Å². The van der Waals surface area contributed by atoms with Crippen molar-refractivity contribution in [2.45, 2.75) is 25.4 Å². The molecule has 1 aromatic carbocycles. The molecule has 1 aromatic heterocycles. The van der Waals surface area contributed by atoms with Gasteiger partial charge in [0.1, 0.15) is 24.4 Å². The molecule has 0 bridgehead atoms. The van der Waals surface area contributed by atoms with Crippen molar-refractivity contribution in [1.82, 2.24) is 20.1 Å². The molecular weight excluding hydrogens is 256 g/mol. The van der Waals surface area contributed by atoms with Crippen LogP contribution in [0.25, 0.3) is 0 Å². The number of carbonyl (C=O) groups is 1. The monoisotopic (exact) mass is 272 g/mol. The first-order valence-electron chi connectivity index (χ1n) is 6.62. The largest absolute Gasteiger partial charge is 0.493 e. The second kappa shape index (κ2) is 5.32. The highest BCUT2D eigenvalue weighted by Gasteiger charge is 2.25. The zero-order valence-corrected chi connectivity index (χ0v) is 11.2. The van der Waals surface area contributed by atoms with Crippen LogP contribution in [0.5, 0.6) is 5.75 Å². The van der Waals surface area contributed by atoms with Crippen LogP contribution in [0.15, 0.2) is 36.9 Å². The summed E-state index contributed by atoms with van der Waals surface area (Å²) in [6.07, 6.45) is 3.74. The van der Waals surface area contributed by atoms with Gasteiger partial charge in [-0.25, -0.2) is 9.67 Å². The Bertz CT molecular complexity index is 597. The SMILES string of the molecule is C[C@H](C(=O)N[C@@H]1CCOc2ccccc21)n1cncn1. The molecule has 3 rings (SSSR count). The smallest absolute Gasteiger partial charge is 0.245 e. The van der Waals surface area contributed by atoms with Crippen molar-refractivity contribution in [2.75, 3.05) is 6.61 Å². The van der Waals surface area contributed by atoms with Gasteiger partial charge in [-0.1, -0.05) is 18.2 Å². The summed E-state index contributed by atoms with van der Waals surface area (Å²) in [5.41, 5.74) is 1.03. The predicted octanol–water partition coefficient (Wildman–Crippen LogP) is 1.48. The molecule has 0 aliphatic carbocycles. The highest BCUT2D eigenvalue weighted by molar-refractivity contribution is 5.80. The van der Waals surface area contributed by atoms with Crippen molar-refractivity contribution < 1.29 is 9.53 Å². The minimum atomic E-state index is -0.382. The number of amides is 1. The van der Waals surface area contributed by atoms with Gasteiger partial charge < -0.3 is 10.1 Å². The molecule has 2 aromatic rings. The minimum Gasteiger partial charge on any atom is -0.493 e. The number of benzene rings is 1. The number of nitrogens with zero attached hydrogens (tertiary/aromatic N) is 3. The lowest BCUT2D eigenvalue weighted by molar-refractivity contribution is -0.125. The number of aromatic nitrogens is 3. The standard InChI is InChI=1S/C14H16N4O2/c1-10(18-9-15-8-16-18)14(19)17-12-6-7-20-13-5-3-2-4-11(12)13/h2-5,8-10,12H,6-7H2,1H3,(H,17,19)/t10-,12-/m1/s1. The van der Waals surface area contributed by atoms with Gasteiger partial charge in [-0.2, -0.15) is 5.10 Å². The molecule has 0 fully saturated rings. The van der Waals surface area contributed by atoms with E-state index in [-0.39, 0.29) is 18.0 Å². The second-order valence-corrected chi connectivity index (χ2v) is 4.79. The number of carbonyl (C=O) groups excluding carboxylic acids is 1. The molecule has 2 atom stereocenters. The minimum absolute atomic E-state index is 0.0154. The average molecular weight is 272 g/mol. The number of rotatable bonds is 3. The van der Waals surface area contributed by atoms with E-state index in [1.54, 1.807) is 17.9 Å². The maximum Gasteiger partial charge on any atom is 0.245 e. The van der Waals surface area contributed by atoms with Crippen LogP contribution in [0.4, 0.5) is 0 Å². The van der Waals surface area contributed by atoms with Crippen LogP contribution in [0, 0.1) is 0 Å². The number of fused-ring (bicyclic) bond motifs is 1. The van der Waals surface area contributed by atoms with Crippen LogP contribution in [-0.2, 0) is 4.79 Å². The Balaban J connectivity index is 1.74. The fourth-order valence-electron chi connectivity index (χ4n) is 2.32. The highest BCUT2D eigenvalue weighted by atomic mass is 16.5. The van der Waals surface area contributed by atoms with Crippen molar-refractivity contribution in [3.63, 3.8) is 0 Å². The van der Waals surface area contributed by atoms with E-state index in [1.807, 2.05) is 24.3 Å². The summed E-state index contributed by atoms with van der Waals surface area (Å²) in [5.74, 6) is 0.773. The van der Waals surface area contributed by atoms with Gasteiger partial charge in [0.05, 0.1) is 12.6 Å². The number of para-hydroxylation sites is 1. The van der Waals surface area contributed by atoms with E-state index >= 15 is 0 Å². The number of nitrogens with one attached hydrogen (secondary N) is 1. The summed E-state index contributed by atoms with van der Waals surface area (Å²) >= 11 is 0. The molecule has 1 amide bonds. The summed E-state index contributed by atoms with van der Waals surface area (Å²) < 4.78 is 7.13. The van der Waals surface area contributed by atoms with Gasteiger partial charge in [-0.15, -0.1) is 0 Å². The molecule has 2 heterocycles. The highest BCUT2D eigenvalue weighted by Crippen LogP contribution is 2.31. The quantitative estimate of drug-likeness (QED) is 0.919. The molecular formula is C14H16N4O2. The Labute approximate surface area is 116 Å². The first-order chi connectivity index (χ1) is 9.75. The summed E-state index contributed by atoms with van der Waals surface area (Å²) in [4.78, 5) is 16.1. The predicted molar refractivity (Wildman–Crippen MR) is 72.2 cm³/mol. The van der Waals surface area contributed by atoms with Crippen LogP contribution < -0.4 is 10.1 Å². The normalized spacial score (nSPS) is 18.8. The van der Waals surface area contributed by atoms with Crippen molar-refractivity contribution in [2.24, 2.45) is 0 Å². The van der Waals surface area contributed by atoms with Crippen LogP contribution in [0.1, 0.15) is 31.0 Å². The molecule has 104 valence electrons. The molecule has 1 N–H and O–H groups in total. The first kappa shape index (κ1) is 12.7. The maximum atomic E-state index is 12.3. The van der Waals surface area contributed by atoms with E-state index in [1.165, 1.54) is 6.33 Å². The molecule has 0 saturated carbocycles. The fraction of sp³-hybridized carbons (Fsp3) is 0.357. The van der Waals surface area contributed by atoms with Gasteiger partial charge in [0.25, 0.3) is 0 Å². The number of hydrogen-bond donors (Lipinski definition) is 1. The Morgan fingerprint density at radius 3 is 3.15 bits per heavy atom. The fourth-order valence-corrected chi connectivity index (χ4v) is 2.32. The second-order valence-electron chi connectivity index (χ2n) is 4.79. The zero-order chi connectivity index (χ0) is 13.9. The Morgan fingerprint density at radius 1 is 1.50 bits per heavy atom. The number of ether oxygens (including phenoxy) is 1. The van der Waals surface area contributed by atoms with Crippen LogP contribution in [0.3, 0.4) is 0 Å². The lowest BCUT2D eigenvalue weighted by Gasteiger charge is -2.27. The van der Waals surface area contributed by atoms with Crippen LogP contribution in [0.2, 0.25) is 0 Å². The summed E-state index contributed by atoms with van der Waals surface area (Å²) in [6.45, 7) is 2.41. The van der Waals surface area contributed by atoms with E-state index in [9.17, 15) is 4.79 Å². The Morgan fingerprint density at radius 2 is 2.35 bits per heavy atom. The zero-order valence-electron chi connectivity index (χ0n) is 11.2. The topological polar surface area (TPSA) is 69.0 Å². The van der Waals surface area contributed by atoms with Gasteiger partial charge in [-0.05, 0) is 13.0 Å². The van der Waals surface area contributed by atoms with Gasteiger partial charge in [0.2, 0.25) is 5.91 Å². The molecule has 1 aliphatic rings. The van der Waals surface area contributed by atoms with Gasteiger partial charge in [-0.3, -0.25) is 4.79 Å². The van der Waals surface area contributed by atoms with E-state index in [0.29, 0.717) is 6.61 Å². The summed E-state index contributed by atoms with van der Waals surface area (Å²) in [7, 11) is 0. The average Bonchev–Trinajstić information content (AvgIpc) is 3.01. The van der Waals surface area contributed by atoms with Crippen molar-refractivity contribution >= 4 is 5.91 Å². The lowest BCUT2D eigenvalue weighted by Crippen LogP contribution is -2.36. The molecule has 1 aliphatic heterocycles. The third-order valence-electron chi connectivity index (χ3n) is 3.49. The first-order valence-corrected chi connectivity index (χ1v) is 6.62. The van der Waals surface area contributed by atoms with E-state index in [0.717, 1.165) is 17.7 Å². The molecule has 6 nitrogen and oxygen atoms in total. The molecule has 6 heteroatoms. The molecule has 0 saturated heterocycles. The van der Waals surface area contributed by atoms with Gasteiger partial charge in [0.15, 0.2) is 0 Å². The van der Waals surface area contributed by atoms with Crippen molar-refractivity contribution in [3.05, 3.63) is 42.5 Å². The summed E-state index contributed by atoms with van der Waals surface area (Å²) in [6, 6.07) is 7.40. The number of hydrogen-bond acceptors (Lipinski definition) is 4. The van der Waals surface area contributed by atoms with E-state index in [2.05, 4.69) is 15.4 Å². The molecule has 0 radical (unpaired) electrons. The summed E-state index contributed by atoms with van der Waals surface area (Å²) in [5, 5.41) is 7.05. The molecule has 20 heavy (non-hydrogen) atoms. The lowest BCUT2D eigenvalue weighted by atomic mass is 10.0.